The molecule has 1 nitrogen and oxygen atoms in total. The fourth-order valence-electron chi connectivity index (χ4n) is 2.25. The summed E-state index contributed by atoms with van der Waals surface area (Å²) in [5.74, 6) is 0.752. The van der Waals surface area contributed by atoms with Crippen molar-refractivity contribution < 1.29 is 0 Å². The van der Waals surface area contributed by atoms with Gasteiger partial charge in [-0.3, -0.25) is 0 Å². The molecule has 1 fully saturated rings. The van der Waals surface area contributed by atoms with Crippen LogP contribution < -0.4 is 5.73 Å². The second kappa shape index (κ2) is 4.36. The van der Waals surface area contributed by atoms with Crippen LogP contribution >= 0.6 is 0 Å². The van der Waals surface area contributed by atoms with Gasteiger partial charge in [0.05, 0.1) is 0 Å². The maximum Gasteiger partial charge on any atom is 0.0323 e. The van der Waals surface area contributed by atoms with E-state index in [4.69, 9.17) is 5.73 Å². The highest BCUT2D eigenvalue weighted by atomic mass is 14.7. The lowest BCUT2D eigenvalue weighted by Gasteiger charge is -2.14. The minimum Gasteiger partial charge on any atom is -0.324 e. The van der Waals surface area contributed by atoms with E-state index >= 15 is 0 Å². The van der Waals surface area contributed by atoms with E-state index in [1.807, 2.05) is 0 Å². The van der Waals surface area contributed by atoms with Gasteiger partial charge < -0.3 is 5.73 Å². The summed E-state index contributed by atoms with van der Waals surface area (Å²) in [5, 5.41) is 0. The maximum absolute atomic E-state index is 6.22. The minimum atomic E-state index is 0.279. The Morgan fingerprint density at radius 1 is 1.20 bits per heavy atom. The molecule has 0 amide bonds. The van der Waals surface area contributed by atoms with Crippen molar-refractivity contribution in [2.45, 2.75) is 45.6 Å². The average Bonchev–Trinajstić information content (AvgIpc) is 3.11. The Labute approximate surface area is 92.7 Å². The highest BCUT2D eigenvalue weighted by Crippen LogP contribution is 2.39. The van der Waals surface area contributed by atoms with Crippen molar-refractivity contribution in [3.8, 4) is 0 Å². The normalized spacial score (nSPS) is 17.8. The first-order valence-electron chi connectivity index (χ1n) is 6.13. The predicted molar refractivity (Wildman–Crippen MR) is 64.9 cm³/mol. The van der Waals surface area contributed by atoms with Gasteiger partial charge in [0.25, 0.3) is 0 Å². The molecule has 1 aromatic rings. The average molecular weight is 203 g/mol. The van der Waals surface area contributed by atoms with Gasteiger partial charge in [0.1, 0.15) is 0 Å². The molecule has 15 heavy (non-hydrogen) atoms. The first kappa shape index (κ1) is 10.7. The molecule has 82 valence electrons. The second-order valence-corrected chi connectivity index (χ2v) is 4.60. The zero-order chi connectivity index (χ0) is 10.8. The fraction of sp³-hybridized carbons (Fsp3) is 0.571. The molecule has 2 N–H and O–H groups in total. The van der Waals surface area contributed by atoms with E-state index in [0.29, 0.717) is 0 Å². The van der Waals surface area contributed by atoms with Crippen molar-refractivity contribution in [2.75, 3.05) is 0 Å². The lowest BCUT2D eigenvalue weighted by Crippen LogP contribution is -2.12. The summed E-state index contributed by atoms with van der Waals surface area (Å²) in [6.45, 7) is 4.44. The van der Waals surface area contributed by atoms with Gasteiger partial charge in [0.2, 0.25) is 0 Å². The number of rotatable bonds is 4. The van der Waals surface area contributed by atoms with Gasteiger partial charge in [-0.15, -0.1) is 0 Å². The molecule has 0 heterocycles. The minimum absolute atomic E-state index is 0.279. The molecular formula is C14H21N. The number of hydrogen-bond donors (Lipinski definition) is 1. The van der Waals surface area contributed by atoms with Gasteiger partial charge in [0.15, 0.2) is 0 Å². The molecule has 1 atom stereocenters. The Bertz CT molecular complexity index is 339. The summed E-state index contributed by atoms with van der Waals surface area (Å²) >= 11 is 0. The number of hydrogen-bond acceptors (Lipinski definition) is 1. The molecule has 0 radical (unpaired) electrons. The zero-order valence-electron chi connectivity index (χ0n) is 9.79. The van der Waals surface area contributed by atoms with Crippen LogP contribution in [0.4, 0.5) is 0 Å². The second-order valence-electron chi connectivity index (χ2n) is 4.60. The van der Waals surface area contributed by atoms with E-state index in [9.17, 15) is 0 Å². The molecule has 1 unspecified atom stereocenters. The molecule has 1 aliphatic carbocycles. The van der Waals surface area contributed by atoms with Crippen LogP contribution in [-0.4, -0.2) is 0 Å². The van der Waals surface area contributed by atoms with Crippen LogP contribution in [0.5, 0.6) is 0 Å². The molecule has 0 aromatic heterocycles. The summed E-state index contributed by atoms with van der Waals surface area (Å²) in [5.41, 5.74) is 10.5. The maximum atomic E-state index is 6.22. The Morgan fingerprint density at radius 3 is 2.40 bits per heavy atom. The van der Waals surface area contributed by atoms with Crippen molar-refractivity contribution in [3.63, 3.8) is 0 Å². The lowest BCUT2D eigenvalue weighted by atomic mass is 9.95. The molecule has 0 aliphatic heterocycles. The Kier molecular flexibility index (Phi) is 3.11. The van der Waals surface area contributed by atoms with Crippen LogP contribution in [0.25, 0.3) is 0 Å². The Balaban J connectivity index is 2.25. The molecule has 1 aliphatic rings. The van der Waals surface area contributed by atoms with Crippen LogP contribution in [0.1, 0.15) is 49.4 Å². The third-order valence-electron chi connectivity index (χ3n) is 3.51. The van der Waals surface area contributed by atoms with E-state index in [0.717, 1.165) is 18.8 Å². The van der Waals surface area contributed by atoms with Crippen LogP contribution in [-0.2, 0) is 12.8 Å². The third-order valence-corrected chi connectivity index (χ3v) is 3.51. The van der Waals surface area contributed by atoms with Crippen molar-refractivity contribution >= 4 is 0 Å². The van der Waals surface area contributed by atoms with Crippen LogP contribution in [0.3, 0.4) is 0 Å². The first-order valence-corrected chi connectivity index (χ1v) is 6.13. The fourth-order valence-corrected chi connectivity index (χ4v) is 2.25. The molecule has 0 saturated heterocycles. The quantitative estimate of drug-likeness (QED) is 0.799. The smallest absolute Gasteiger partial charge is 0.0323 e. The largest absolute Gasteiger partial charge is 0.324 e. The van der Waals surface area contributed by atoms with Gasteiger partial charge in [-0.05, 0) is 48.3 Å². The van der Waals surface area contributed by atoms with Crippen molar-refractivity contribution in [1.29, 1.82) is 0 Å². The van der Waals surface area contributed by atoms with Crippen LogP contribution in [0.15, 0.2) is 18.2 Å². The standard InChI is InChI=1S/C14H21N/c1-3-10-5-8-13(9-11(10)4-2)14(15)12-6-7-12/h5,8-9,12,14H,3-4,6-7,15H2,1-2H3. The van der Waals surface area contributed by atoms with Gasteiger partial charge >= 0.3 is 0 Å². The van der Waals surface area contributed by atoms with E-state index in [1.54, 1.807) is 0 Å². The van der Waals surface area contributed by atoms with E-state index in [-0.39, 0.29) is 6.04 Å². The number of benzene rings is 1. The highest BCUT2D eigenvalue weighted by molar-refractivity contribution is 5.34. The van der Waals surface area contributed by atoms with Gasteiger partial charge in [-0.2, -0.15) is 0 Å². The SMILES string of the molecule is CCc1ccc(C(N)C2CC2)cc1CC. The summed E-state index contributed by atoms with van der Waals surface area (Å²) in [6, 6.07) is 7.08. The third kappa shape index (κ3) is 2.23. The zero-order valence-corrected chi connectivity index (χ0v) is 9.79. The molecule has 0 bridgehead atoms. The van der Waals surface area contributed by atoms with Crippen molar-refractivity contribution in [2.24, 2.45) is 11.7 Å². The highest BCUT2D eigenvalue weighted by Gasteiger charge is 2.29. The van der Waals surface area contributed by atoms with Gasteiger partial charge in [-0.1, -0.05) is 32.0 Å². The summed E-state index contributed by atoms with van der Waals surface area (Å²) in [6.07, 6.45) is 4.88. The molecular weight excluding hydrogens is 182 g/mol. The summed E-state index contributed by atoms with van der Waals surface area (Å²) in [7, 11) is 0. The number of aryl methyl sites for hydroxylation is 2. The Morgan fingerprint density at radius 2 is 1.87 bits per heavy atom. The van der Waals surface area contributed by atoms with Crippen molar-refractivity contribution in [1.82, 2.24) is 0 Å². The van der Waals surface area contributed by atoms with Gasteiger partial charge in [-0.25, -0.2) is 0 Å². The van der Waals surface area contributed by atoms with Crippen LogP contribution in [0, 0.1) is 5.92 Å². The van der Waals surface area contributed by atoms with Crippen molar-refractivity contribution in [3.05, 3.63) is 34.9 Å². The first-order chi connectivity index (χ1) is 7.26. The summed E-state index contributed by atoms with van der Waals surface area (Å²) < 4.78 is 0. The van der Waals surface area contributed by atoms with Gasteiger partial charge in [0, 0.05) is 6.04 Å². The predicted octanol–water partition coefficient (Wildman–Crippen LogP) is 3.22. The lowest BCUT2D eigenvalue weighted by molar-refractivity contribution is 0.632. The van der Waals surface area contributed by atoms with E-state index in [1.165, 1.54) is 29.5 Å². The van der Waals surface area contributed by atoms with Crippen LogP contribution in [0.2, 0.25) is 0 Å². The summed E-state index contributed by atoms with van der Waals surface area (Å²) in [4.78, 5) is 0. The molecule has 1 saturated carbocycles. The number of nitrogens with two attached hydrogens (primary N) is 1. The van der Waals surface area contributed by atoms with E-state index < -0.39 is 0 Å². The van der Waals surface area contributed by atoms with E-state index in [2.05, 4.69) is 32.0 Å². The molecule has 1 aromatic carbocycles. The Hall–Kier alpha value is -0.820. The molecule has 0 spiro atoms. The topological polar surface area (TPSA) is 26.0 Å². The molecule has 2 rings (SSSR count). The molecule has 1 heteroatoms. The monoisotopic (exact) mass is 203 g/mol.